The standard InChI is InChI=1S/C14H23BrN4O2/c1-2-18-5-3-11(4-6-18)9-16-12-10-17-19(7-8-20)14(21)13(12)15/h10-11,16,20H,2-9H2,1H3. The van der Waals surface area contributed by atoms with Crippen LogP contribution >= 0.6 is 15.9 Å². The van der Waals surface area contributed by atoms with Crippen LogP contribution in [0.2, 0.25) is 0 Å². The lowest BCUT2D eigenvalue weighted by atomic mass is 9.97. The first-order valence-corrected chi connectivity index (χ1v) is 8.27. The van der Waals surface area contributed by atoms with Gasteiger partial charge >= 0.3 is 0 Å². The molecule has 1 aliphatic heterocycles. The Morgan fingerprint density at radius 1 is 1.48 bits per heavy atom. The van der Waals surface area contributed by atoms with E-state index < -0.39 is 0 Å². The summed E-state index contributed by atoms with van der Waals surface area (Å²) in [4.78, 5) is 14.5. The van der Waals surface area contributed by atoms with Crippen molar-refractivity contribution in [1.82, 2.24) is 14.7 Å². The Morgan fingerprint density at radius 2 is 2.19 bits per heavy atom. The van der Waals surface area contributed by atoms with Crippen molar-refractivity contribution in [3.63, 3.8) is 0 Å². The van der Waals surface area contributed by atoms with Crippen molar-refractivity contribution in [2.75, 3.05) is 38.1 Å². The molecule has 21 heavy (non-hydrogen) atoms. The fraction of sp³-hybridized carbons (Fsp3) is 0.714. The SMILES string of the molecule is CCN1CCC(CNc2cnn(CCO)c(=O)c2Br)CC1. The summed E-state index contributed by atoms with van der Waals surface area (Å²) in [6, 6.07) is 0. The molecule has 0 aliphatic carbocycles. The van der Waals surface area contributed by atoms with E-state index in [9.17, 15) is 4.79 Å². The summed E-state index contributed by atoms with van der Waals surface area (Å²) >= 11 is 3.32. The van der Waals surface area contributed by atoms with Crippen LogP contribution in [0, 0.1) is 5.92 Å². The zero-order valence-electron chi connectivity index (χ0n) is 12.4. The number of hydrogen-bond donors (Lipinski definition) is 2. The molecule has 0 aromatic carbocycles. The molecule has 0 spiro atoms. The smallest absolute Gasteiger partial charge is 0.283 e. The second-order valence-electron chi connectivity index (χ2n) is 5.38. The number of aliphatic hydroxyl groups is 1. The van der Waals surface area contributed by atoms with Crippen LogP contribution in [-0.2, 0) is 6.54 Å². The Bertz CT molecular complexity index is 512. The number of anilines is 1. The molecule has 0 saturated carbocycles. The van der Waals surface area contributed by atoms with Gasteiger partial charge in [-0.2, -0.15) is 5.10 Å². The van der Waals surface area contributed by atoms with Gasteiger partial charge in [0, 0.05) is 6.54 Å². The van der Waals surface area contributed by atoms with Crippen molar-refractivity contribution in [2.45, 2.75) is 26.3 Å². The van der Waals surface area contributed by atoms with Crippen LogP contribution in [0.4, 0.5) is 5.69 Å². The molecular formula is C14H23BrN4O2. The van der Waals surface area contributed by atoms with Gasteiger partial charge in [0.2, 0.25) is 0 Å². The topological polar surface area (TPSA) is 70.4 Å². The zero-order chi connectivity index (χ0) is 15.2. The molecule has 0 atom stereocenters. The molecule has 0 unspecified atom stereocenters. The van der Waals surface area contributed by atoms with Gasteiger partial charge in [-0.15, -0.1) is 0 Å². The van der Waals surface area contributed by atoms with Crippen LogP contribution in [0.1, 0.15) is 19.8 Å². The van der Waals surface area contributed by atoms with Crippen molar-refractivity contribution in [3.05, 3.63) is 21.0 Å². The normalized spacial score (nSPS) is 17.1. The molecule has 1 aromatic rings. The number of rotatable bonds is 6. The average molecular weight is 359 g/mol. The molecule has 1 saturated heterocycles. The summed E-state index contributed by atoms with van der Waals surface area (Å²) in [7, 11) is 0. The van der Waals surface area contributed by atoms with E-state index in [1.807, 2.05) is 0 Å². The van der Waals surface area contributed by atoms with Crippen LogP contribution in [0.25, 0.3) is 0 Å². The first kappa shape index (κ1) is 16.5. The number of piperidine rings is 1. The Morgan fingerprint density at radius 3 is 2.81 bits per heavy atom. The first-order valence-electron chi connectivity index (χ1n) is 7.48. The number of nitrogens with one attached hydrogen (secondary N) is 1. The van der Waals surface area contributed by atoms with Crippen LogP contribution in [0.3, 0.4) is 0 Å². The van der Waals surface area contributed by atoms with Crippen molar-refractivity contribution < 1.29 is 5.11 Å². The largest absolute Gasteiger partial charge is 0.394 e. The molecule has 0 bridgehead atoms. The third-order valence-electron chi connectivity index (χ3n) is 4.03. The maximum atomic E-state index is 12.0. The van der Waals surface area contributed by atoms with E-state index in [2.05, 4.69) is 38.2 Å². The Kier molecular flexibility index (Phi) is 6.20. The van der Waals surface area contributed by atoms with Crippen LogP contribution in [-0.4, -0.2) is 52.6 Å². The maximum absolute atomic E-state index is 12.0. The molecule has 0 amide bonds. The van der Waals surface area contributed by atoms with E-state index >= 15 is 0 Å². The van der Waals surface area contributed by atoms with E-state index in [0.29, 0.717) is 10.4 Å². The van der Waals surface area contributed by atoms with Gasteiger partial charge in [0.05, 0.1) is 25.0 Å². The fourth-order valence-corrected chi connectivity index (χ4v) is 3.05. The molecule has 2 N–H and O–H groups in total. The highest BCUT2D eigenvalue weighted by molar-refractivity contribution is 9.10. The minimum absolute atomic E-state index is 0.0951. The predicted octanol–water partition coefficient (Wildman–Crippen LogP) is 1.14. The molecule has 6 nitrogen and oxygen atoms in total. The minimum Gasteiger partial charge on any atom is -0.394 e. The Balaban J connectivity index is 1.92. The number of hydrogen-bond acceptors (Lipinski definition) is 5. The van der Waals surface area contributed by atoms with Gasteiger partial charge in [-0.1, -0.05) is 6.92 Å². The molecule has 118 valence electrons. The third kappa shape index (κ3) is 4.28. The number of halogens is 1. The summed E-state index contributed by atoms with van der Waals surface area (Å²) in [6.45, 7) is 6.61. The molecule has 2 rings (SSSR count). The van der Waals surface area contributed by atoms with Gasteiger partial charge < -0.3 is 15.3 Å². The lowest BCUT2D eigenvalue weighted by Crippen LogP contribution is -2.35. The van der Waals surface area contributed by atoms with Crippen molar-refractivity contribution in [3.8, 4) is 0 Å². The fourth-order valence-electron chi connectivity index (χ4n) is 2.60. The second kappa shape index (κ2) is 7.91. The van der Waals surface area contributed by atoms with Crippen molar-refractivity contribution in [1.29, 1.82) is 0 Å². The lowest BCUT2D eigenvalue weighted by Gasteiger charge is -2.31. The molecule has 2 heterocycles. The van der Waals surface area contributed by atoms with Gasteiger partial charge in [-0.25, -0.2) is 4.68 Å². The Labute approximate surface area is 133 Å². The van der Waals surface area contributed by atoms with Gasteiger partial charge in [0.15, 0.2) is 0 Å². The summed E-state index contributed by atoms with van der Waals surface area (Å²) in [5.41, 5.74) is 0.516. The highest BCUT2D eigenvalue weighted by Crippen LogP contribution is 2.20. The monoisotopic (exact) mass is 358 g/mol. The summed E-state index contributed by atoms with van der Waals surface area (Å²) in [5.74, 6) is 0.638. The highest BCUT2D eigenvalue weighted by Gasteiger charge is 2.18. The molecule has 1 fully saturated rings. The molecule has 7 heteroatoms. The molecular weight excluding hydrogens is 336 g/mol. The van der Waals surface area contributed by atoms with Gasteiger partial charge in [0.25, 0.3) is 5.56 Å². The highest BCUT2D eigenvalue weighted by atomic mass is 79.9. The van der Waals surface area contributed by atoms with E-state index in [1.165, 1.54) is 17.5 Å². The third-order valence-corrected chi connectivity index (χ3v) is 4.80. The Hall–Kier alpha value is -0.920. The number of nitrogens with zero attached hydrogens (tertiary/aromatic N) is 3. The number of aliphatic hydroxyl groups excluding tert-OH is 1. The molecule has 1 aliphatic rings. The summed E-state index contributed by atoms with van der Waals surface area (Å²) < 4.78 is 1.74. The predicted molar refractivity (Wildman–Crippen MR) is 86.6 cm³/mol. The van der Waals surface area contributed by atoms with Crippen LogP contribution in [0.5, 0.6) is 0 Å². The molecule has 1 aromatic heterocycles. The first-order chi connectivity index (χ1) is 10.2. The minimum atomic E-state index is -0.213. The quantitative estimate of drug-likeness (QED) is 0.797. The van der Waals surface area contributed by atoms with Crippen molar-refractivity contribution in [2.24, 2.45) is 5.92 Å². The van der Waals surface area contributed by atoms with E-state index in [1.54, 1.807) is 6.20 Å². The van der Waals surface area contributed by atoms with Gasteiger partial charge in [-0.05, 0) is 54.3 Å². The average Bonchev–Trinajstić information content (AvgIpc) is 2.52. The van der Waals surface area contributed by atoms with Crippen LogP contribution < -0.4 is 10.9 Å². The van der Waals surface area contributed by atoms with Gasteiger partial charge in [-0.3, -0.25) is 4.79 Å². The second-order valence-corrected chi connectivity index (χ2v) is 6.18. The number of likely N-dealkylation sites (tertiary alicyclic amines) is 1. The lowest BCUT2D eigenvalue weighted by molar-refractivity contribution is 0.198. The van der Waals surface area contributed by atoms with E-state index in [4.69, 9.17) is 5.11 Å². The molecule has 0 radical (unpaired) electrons. The van der Waals surface area contributed by atoms with Gasteiger partial charge in [0.1, 0.15) is 4.47 Å². The van der Waals surface area contributed by atoms with Crippen molar-refractivity contribution >= 4 is 21.6 Å². The number of aromatic nitrogens is 2. The van der Waals surface area contributed by atoms with E-state index in [0.717, 1.165) is 31.9 Å². The van der Waals surface area contributed by atoms with Crippen LogP contribution in [0.15, 0.2) is 15.5 Å². The summed E-state index contributed by atoms with van der Waals surface area (Å²) in [5, 5.41) is 16.3. The van der Waals surface area contributed by atoms with E-state index in [-0.39, 0.29) is 18.7 Å². The summed E-state index contributed by atoms with van der Waals surface area (Å²) in [6.07, 6.45) is 4.02. The zero-order valence-corrected chi connectivity index (χ0v) is 14.0. The maximum Gasteiger partial charge on any atom is 0.283 e.